The zero-order valence-electron chi connectivity index (χ0n) is 7.14. The standard InChI is InChI=1S/C9H10O2S/c1-5-4-10-8-6(2)12-7(3)9(8)11-5/h1,4H2,2-3H3. The zero-order chi connectivity index (χ0) is 8.72. The highest BCUT2D eigenvalue weighted by Crippen LogP contribution is 2.44. The molecule has 1 aliphatic heterocycles. The van der Waals surface area contributed by atoms with Crippen molar-refractivity contribution >= 4 is 11.3 Å². The van der Waals surface area contributed by atoms with Crippen molar-refractivity contribution in [1.29, 1.82) is 0 Å². The van der Waals surface area contributed by atoms with Crippen LogP contribution in [0.3, 0.4) is 0 Å². The molecule has 12 heavy (non-hydrogen) atoms. The van der Waals surface area contributed by atoms with E-state index >= 15 is 0 Å². The first-order chi connectivity index (χ1) is 5.68. The molecular weight excluding hydrogens is 172 g/mol. The van der Waals surface area contributed by atoms with Crippen LogP contribution in [0.1, 0.15) is 9.75 Å². The minimum absolute atomic E-state index is 0.476. The van der Waals surface area contributed by atoms with Gasteiger partial charge in [-0.2, -0.15) is 0 Å². The van der Waals surface area contributed by atoms with Crippen molar-refractivity contribution < 1.29 is 9.47 Å². The largest absolute Gasteiger partial charge is 0.481 e. The van der Waals surface area contributed by atoms with Gasteiger partial charge in [-0.1, -0.05) is 6.58 Å². The van der Waals surface area contributed by atoms with Crippen LogP contribution < -0.4 is 9.47 Å². The Labute approximate surface area is 75.4 Å². The van der Waals surface area contributed by atoms with Crippen LogP contribution in [0.4, 0.5) is 0 Å². The molecule has 0 bridgehead atoms. The van der Waals surface area contributed by atoms with Crippen molar-refractivity contribution in [3.8, 4) is 11.5 Å². The van der Waals surface area contributed by atoms with E-state index in [0.717, 1.165) is 16.4 Å². The molecule has 0 unspecified atom stereocenters. The molecule has 2 heterocycles. The van der Waals surface area contributed by atoms with Gasteiger partial charge in [0, 0.05) is 9.75 Å². The first-order valence-corrected chi connectivity index (χ1v) is 4.58. The van der Waals surface area contributed by atoms with E-state index in [0.29, 0.717) is 12.4 Å². The molecule has 0 fully saturated rings. The lowest BCUT2D eigenvalue weighted by Gasteiger charge is -2.17. The third kappa shape index (κ3) is 1.01. The normalized spacial score (nSPS) is 15.0. The predicted octanol–water partition coefficient (Wildman–Crippen LogP) is 2.65. The van der Waals surface area contributed by atoms with Gasteiger partial charge in [-0.3, -0.25) is 0 Å². The fourth-order valence-electron chi connectivity index (χ4n) is 1.25. The van der Waals surface area contributed by atoms with E-state index in [1.165, 1.54) is 4.88 Å². The number of hydrogen-bond donors (Lipinski definition) is 0. The van der Waals surface area contributed by atoms with Crippen molar-refractivity contribution in [2.24, 2.45) is 0 Å². The Bertz CT molecular complexity index is 339. The molecule has 0 aliphatic carbocycles. The van der Waals surface area contributed by atoms with Gasteiger partial charge in [0.1, 0.15) is 12.4 Å². The number of rotatable bonds is 0. The zero-order valence-corrected chi connectivity index (χ0v) is 7.96. The van der Waals surface area contributed by atoms with Crippen LogP contribution in [0.5, 0.6) is 11.5 Å². The molecule has 0 saturated heterocycles. The van der Waals surface area contributed by atoms with E-state index in [1.807, 2.05) is 13.8 Å². The summed E-state index contributed by atoms with van der Waals surface area (Å²) in [5.41, 5.74) is 0. The second-order valence-corrected chi connectivity index (χ2v) is 4.23. The van der Waals surface area contributed by atoms with Gasteiger partial charge in [0.05, 0.1) is 0 Å². The summed E-state index contributed by atoms with van der Waals surface area (Å²) < 4.78 is 10.9. The smallest absolute Gasteiger partial charge is 0.182 e. The van der Waals surface area contributed by atoms with E-state index in [-0.39, 0.29) is 0 Å². The van der Waals surface area contributed by atoms with Gasteiger partial charge in [0.2, 0.25) is 0 Å². The van der Waals surface area contributed by atoms with E-state index < -0.39 is 0 Å². The van der Waals surface area contributed by atoms with Crippen LogP contribution in [0.25, 0.3) is 0 Å². The van der Waals surface area contributed by atoms with Crippen LogP contribution in [0.15, 0.2) is 12.3 Å². The average Bonchev–Trinajstić information content (AvgIpc) is 2.28. The third-order valence-corrected chi connectivity index (χ3v) is 2.76. The molecule has 1 aromatic rings. The molecule has 0 saturated carbocycles. The highest BCUT2D eigenvalue weighted by atomic mass is 32.1. The van der Waals surface area contributed by atoms with Crippen LogP contribution in [-0.4, -0.2) is 6.61 Å². The number of fused-ring (bicyclic) bond motifs is 1. The Hall–Kier alpha value is -0.960. The second kappa shape index (κ2) is 2.52. The molecule has 0 radical (unpaired) electrons. The summed E-state index contributed by atoms with van der Waals surface area (Å²) >= 11 is 1.70. The highest BCUT2D eigenvalue weighted by Gasteiger charge is 2.21. The molecule has 0 amide bonds. The minimum Gasteiger partial charge on any atom is -0.481 e. The molecule has 0 spiro atoms. The summed E-state index contributed by atoms with van der Waals surface area (Å²) in [5.74, 6) is 2.43. The first kappa shape index (κ1) is 7.68. The molecule has 0 aromatic carbocycles. The Morgan fingerprint density at radius 1 is 1.25 bits per heavy atom. The predicted molar refractivity (Wildman–Crippen MR) is 49.1 cm³/mol. The fourth-order valence-corrected chi connectivity index (χ4v) is 2.18. The van der Waals surface area contributed by atoms with Crippen LogP contribution in [0.2, 0.25) is 0 Å². The molecule has 2 nitrogen and oxygen atoms in total. The van der Waals surface area contributed by atoms with Gasteiger partial charge >= 0.3 is 0 Å². The van der Waals surface area contributed by atoms with Crippen molar-refractivity contribution in [2.45, 2.75) is 13.8 Å². The molecule has 0 N–H and O–H groups in total. The SMILES string of the molecule is C=C1COc2c(C)sc(C)c2O1. The van der Waals surface area contributed by atoms with Gasteiger partial charge in [-0.25, -0.2) is 0 Å². The van der Waals surface area contributed by atoms with Crippen molar-refractivity contribution in [2.75, 3.05) is 6.61 Å². The van der Waals surface area contributed by atoms with Crippen molar-refractivity contribution in [3.05, 3.63) is 22.1 Å². The van der Waals surface area contributed by atoms with Crippen LogP contribution in [-0.2, 0) is 0 Å². The minimum atomic E-state index is 0.476. The van der Waals surface area contributed by atoms with Crippen molar-refractivity contribution in [1.82, 2.24) is 0 Å². The second-order valence-electron chi connectivity index (χ2n) is 2.80. The molecule has 3 heteroatoms. The number of aryl methyl sites for hydroxylation is 2. The topological polar surface area (TPSA) is 18.5 Å². The van der Waals surface area contributed by atoms with Gasteiger partial charge in [0.25, 0.3) is 0 Å². The molecule has 2 rings (SSSR count). The monoisotopic (exact) mass is 182 g/mol. The van der Waals surface area contributed by atoms with Gasteiger partial charge in [0.15, 0.2) is 11.5 Å². The number of hydrogen-bond acceptors (Lipinski definition) is 3. The summed E-state index contributed by atoms with van der Waals surface area (Å²) in [5, 5.41) is 0. The lowest BCUT2D eigenvalue weighted by Crippen LogP contribution is -2.12. The maximum Gasteiger partial charge on any atom is 0.182 e. The quantitative estimate of drug-likeness (QED) is 0.614. The average molecular weight is 182 g/mol. The third-order valence-electron chi connectivity index (χ3n) is 1.78. The number of ether oxygens (including phenoxy) is 2. The lowest BCUT2D eigenvalue weighted by molar-refractivity contribution is 0.233. The molecule has 0 atom stereocenters. The first-order valence-electron chi connectivity index (χ1n) is 3.77. The Balaban J connectivity index is 2.51. The van der Waals surface area contributed by atoms with E-state index in [1.54, 1.807) is 11.3 Å². The molecule has 64 valence electrons. The summed E-state index contributed by atoms with van der Waals surface area (Å²) in [6.07, 6.45) is 0. The van der Waals surface area contributed by atoms with E-state index in [4.69, 9.17) is 9.47 Å². The summed E-state index contributed by atoms with van der Waals surface area (Å²) in [6, 6.07) is 0. The van der Waals surface area contributed by atoms with Gasteiger partial charge in [-0.15, -0.1) is 11.3 Å². The lowest BCUT2D eigenvalue weighted by atomic mass is 10.3. The van der Waals surface area contributed by atoms with Gasteiger partial charge in [-0.05, 0) is 13.8 Å². The van der Waals surface area contributed by atoms with Gasteiger partial charge < -0.3 is 9.47 Å². The Morgan fingerprint density at radius 2 is 1.92 bits per heavy atom. The van der Waals surface area contributed by atoms with Crippen LogP contribution >= 0.6 is 11.3 Å². The number of thiophene rings is 1. The van der Waals surface area contributed by atoms with Crippen LogP contribution in [0, 0.1) is 13.8 Å². The summed E-state index contributed by atoms with van der Waals surface area (Å²) in [6.45, 7) is 8.26. The van der Waals surface area contributed by atoms with E-state index in [9.17, 15) is 0 Å². The molecular formula is C9H10O2S. The maximum absolute atomic E-state index is 5.47. The summed E-state index contributed by atoms with van der Waals surface area (Å²) in [4.78, 5) is 2.33. The Kier molecular flexibility index (Phi) is 1.61. The van der Waals surface area contributed by atoms with E-state index in [2.05, 4.69) is 6.58 Å². The van der Waals surface area contributed by atoms with Crippen molar-refractivity contribution in [3.63, 3.8) is 0 Å². The Morgan fingerprint density at radius 3 is 2.67 bits per heavy atom. The fraction of sp³-hybridized carbons (Fsp3) is 0.333. The molecule has 1 aliphatic rings. The summed E-state index contributed by atoms with van der Waals surface area (Å²) in [7, 11) is 0. The highest BCUT2D eigenvalue weighted by molar-refractivity contribution is 7.12. The maximum atomic E-state index is 5.47. The molecule has 1 aromatic heterocycles.